The number of halogens is 4. The highest BCUT2D eigenvalue weighted by atomic mass is 35.5. The Morgan fingerprint density at radius 3 is 2.35 bits per heavy atom. The number of anilines is 1. The number of piperidine rings is 1. The smallest absolute Gasteiger partial charge is 0.416 e. The highest BCUT2D eigenvalue weighted by Gasteiger charge is 2.31. The average molecular weight is 351 g/mol. The number of benzene rings is 1. The number of hydrogen-bond donors (Lipinski definition) is 2. The average Bonchev–Trinajstić information content (AvgIpc) is 2.48. The molecule has 9 heteroatoms. The van der Waals surface area contributed by atoms with Crippen molar-refractivity contribution in [3.8, 4) is 0 Å². The molecule has 2 rings (SSSR count). The molecule has 0 spiro atoms. The lowest BCUT2D eigenvalue weighted by atomic mass is 9.97. The molecule has 5 nitrogen and oxygen atoms in total. The minimum atomic E-state index is -4.51. The fourth-order valence-electron chi connectivity index (χ4n) is 2.32. The lowest BCUT2D eigenvalue weighted by Gasteiger charge is -2.30. The van der Waals surface area contributed by atoms with Gasteiger partial charge in [-0.3, -0.25) is 4.79 Å². The van der Waals surface area contributed by atoms with Gasteiger partial charge in [0.05, 0.1) is 22.2 Å². The Hall–Kier alpha value is -1.96. The summed E-state index contributed by atoms with van der Waals surface area (Å²) in [6.07, 6.45) is -3.84. The van der Waals surface area contributed by atoms with Gasteiger partial charge in [-0.25, -0.2) is 4.79 Å². The fraction of sp³-hybridized carbons (Fsp3) is 0.429. The zero-order valence-electron chi connectivity index (χ0n) is 11.9. The van der Waals surface area contributed by atoms with Crippen LogP contribution in [-0.4, -0.2) is 35.1 Å². The van der Waals surface area contributed by atoms with Gasteiger partial charge in [0, 0.05) is 13.1 Å². The quantitative estimate of drug-likeness (QED) is 0.854. The van der Waals surface area contributed by atoms with Crippen LogP contribution in [0.4, 0.5) is 23.7 Å². The molecule has 1 aliphatic rings. The van der Waals surface area contributed by atoms with Crippen LogP contribution in [0.25, 0.3) is 0 Å². The molecule has 23 heavy (non-hydrogen) atoms. The lowest BCUT2D eigenvalue weighted by Crippen LogP contribution is -2.42. The second kappa shape index (κ2) is 6.66. The second-order valence-corrected chi connectivity index (χ2v) is 5.63. The van der Waals surface area contributed by atoms with Crippen LogP contribution in [0.1, 0.15) is 18.4 Å². The van der Waals surface area contributed by atoms with E-state index in [1.807, 2.05) is 0 Å². The SMILES string of the molecule is O=C(O)C1CCN(C(=O)Nc2ccc(C(F)(F)F)cc2Cl)CC1. The van der Waals surface area contributed by atoms with Gasteiger partial charge < -0.3 is 15.3 Å². The molecule has 1 aliphatic heterocycles. The van der Waals surface area contributed by atoms with Crippen LogP contribution >= 0.6 is 11.6 Å². The fourth-order valence-corrected chi connectivity index (χ4v) is 2.54. The number of nitrogens with one attached hydrogen (secondary N) is 1. The van der Waals surface area contributed by atoms with Crippen molar-refractivity contribution in [1.29, 1.82) is 0 Å². The van der Waals surface area contributed by atoms with E-state index in [0.29, 0.717) is 12.8 Å². The topological polar surface area (TPSA) is 69.6 Å². The van der Waals surface area contributed by atoms with Crippen molar-refractivity contribution in [2.45, 2.75) is 19.0 Å². The summed E-state index contributed by atoms with van der Waals surface area (Å²) in [5, 5.41) is 11.1. The Kier molecular flexibility index (Phi) is 5.03. The van der Waals surface area contributed by atoms with E-state index in [1.54, 1.807) is 0 Å². The minimum absolute atomic E-state index is 0.0741. The first-order valence-corrected chi connectivity index (χ1v) is 7.22. The maximum Gasteiger partial charge on any atom is 0.416 e. The summed E-state index contributed by atoms with van der Waals surface area (Å²) in [5.41, 5.74) is -0.826. The summed E-state index contributed by atoms with van der Waals surface area (Å²) in [6.45, 7) is 0.530. The van der Waals surface area contributed by atoms with E-state index in [0.717, 1.165) is 18.2 Å². The van der Waals surface area contributed by atoms with Crippen molar-refractivity contribution in [3.05, 3.63) is 28.8 Å². The van der Waals surface area contributed by atoms with Crippen molar-refractivity contribution in [1.82, 2.24) is 4.90 Å². The summed E-state index contributed by atoms with van der Waals surface area (Å²) >= 11 is 5.77. The number of carbonyl (C=O) groups excluding carboxylic acids is 1. The highest BCUT2D eigenvalue weighted by molar-refractivity contribution is 6.33. The van der Waals surface area contributed by atoms with Crippen LogP contribution in [0, 0.1) is 5.92 Å². The number of carboxylic acids is 1. The number of carbonyl (C=O) groups is 2. The van der Waals surface area contributed by atoms with Crippen molar-refractivity contribution < 1.29 is 27.9 Å². The molecule has 0 atom stereocenters. The van der Waals surface area contributed by atoms with Gasteiger partial charge in [-0.1, -0.05) is 11.6 Å². The Labute approximate surface area is 135 Å². The van der Waals surface area contributed by atoms with Gasteiger partial charge in [-0.2, -0.15) is 13.2 Å². The van der Waals surface area contributed by atoms with E-state index < -0.39 is 29.7 Å². The van der Waals surface area contributed by atoms with Crippen molar-refractivity contribution in [2.24, 2.45) is 5.92 Å². The maximum absolute atomic E-state index is 12.6. The Morgan fingerprint density at radius 2 is 1.87 bits per heavy atom. The van der Waals surface area contributed by atoms with Gasteiger partial charge >= 0.3 is 18.2 Å². The third kappa shape index (κ3) is 4.28. The van der Waals surface area contributed by atoms with Gasteiger partial charge in [0.15, 0.2) is 0 Å². The van der Waals surface area contributed by atoms with Gasteiger partial charge in [-0.15, -0.1) is 0 Å². The van der Waals surface area contributed by atoms with Crippen LogP contribution in [0.3, 0.4) is 0 Å². The molecule has 1 heterocycles. The lowest BCUT2D eigenvalue weighted by molar-refractivity contribution is -0.143. The number of alkyl halides is 3. The van der Waals surface area contributed by atoms with E-state index >= 15 is 0 Å². The molecule has 126 valence electrons. The number of hydrogen-bond acceptors (Lipinski definition) is 2. The molecule has 0 saturated carbocycles. The summed E-state index contributed by atoms with van der Waals surface area (Å²) in [4.78, 5) is 24.3. The predicted molar refractivity (Wildman–Crippen MR) is 77.4 cm³/mol. The Morgan fingerprint density at radius 1 is 1.26 bits per heavy atom. The number of amides is 2. The van der Waals surface area contributed by atoms with Crippen LogP contribution in [0.15, 0.2) is 18.2 Å². The summed E-state index contributed by atoms with van der Waals surface area (Å²) < 4.78 is 37.7. The Balaban J connectivity index is 2.00. The Bertz CT molecular complexity index is 614. The maximum atomic E-state index is 12.6. The first-order valence-electron chi connectivity index (χ1n) is 6.84. The summed E-state index contributed by atoms with van der Waals surface area (Å²) in [7, 11) is 0. The molecule has 1 aromatic rings. The zero-order chi connectivity index (χ0) is 17.2. The number of rotatable bonds is 2. The number of urea groups is 1. The standard InChI is InChI=1S/C14H14ClF3N2O3/c15-10-7-9(14(16,17)18)1-2-11(10)19-13(23)20-5-3-8(4-6-20)12(21)22/h1-2,7-8H,3-6H2,(H,19,23)(H,21,22). The van der Waals surface area contributed by atoms with E-state index in [-0.39, 0.29) is 23.8 Å². The number of likely N-dealkylation sites (tertiary alicyclic amines) is 1. The van der Waals surface area contributed by atoms with E-state index in [9.17, 15) is 22.8 Å². The van der Waals surface area contributed by atoms with Crippen molar-refractivity contribution in [3.63, 3.8) is 0 Å². The van der Waals surface area contributed by atoms with Gasteiger partial charge in [0.25, 0.3) is 0 Å². The largest absolute Gasteiger partial charge is 0.481 e. The van der Waals surface area contributed by atoms with E-state index in [2.05, 4.69) is 5.32 Å². The predicted octanol–water partition coefficient (Wildman–Crippen LogP) is 3.69. The van der Waals surface area contributed by atoms with Crippen LogP contribution in [0.5, 0.6) is 0 Å². The first kappa shape index (κ1) is 17.4. The minimum Gasteiger partial charge on any atom is -0.481 e. The first-order chi connectivity index (χ1) is 10.7. The molecule has 2 amide bonds. The van der Waals surface area contributed by atoms with Crippen molar-refractivity contribution >= 4 is 29.3 Å². The zero-order valence-corrected chi connectivity index (χ0v) is 12.6. The number of aliphatic carboxylic acids is 1. The molecule has 0 aromatic heterocycles. The highest BCUT2D eigenvalue weighted by Crippen LogP contribution is 2.33. The molecule has 0 aliphatic carbocycles. The molecule has 0 radical (unpaired) electrons. The molecular formula is C14H14ClF3N2O3. The molecular weight excluding hydrogens is 337 g/mol. The molecule has 2 N–H and O–H groups in total. The van der Waals surface area contributed by atoms with E-state index in [4.69, 9.17) is 16.7 Å². The molecule has 0 unspecified atom stereocenters. The van der Waals surface area contributed by atoms with Crippen LogP contribution in [0.2, 0.25) is 5.02 Å². The van der Waals surface area contributed by atoms with Gasteiger partial charge in [0.2, 0.25) is 0 Å². The number of carboxylic acid groups (broad SMARTS) is 1. The van der Waals surface area contributed by atoms with Crippen LogP contribution < -0.4 is 5.32 Å². The summed E-state index contributed by atoms with van der Waals surface area (Å²) in [5.74, 6) is -1.37. The van der Waals surface area contributed by atoms with E-state index in [1.165, 1.54) is 4.90 Å². The monoisotopic (exact) mass is 350 g/mol. The van der Waals surface area contributed by atoms with Gasteiger partial charge in [0.1, 0.15) is 0 Å². The third-order valence-corrected chi connectivity index (χ3v) is 3.98. The summed E-state index contributed by atoms with van der Waals surface area (Å²) in [6, 6.07) is 2.15. The third-order valence-electron chi connectivity index (χ3n) is 3.67. The number of nitrogens with zero attached hydrogens (tertiary/aromatic N) is 1. The van der Waals surface area contributed by atoms with Crippen molar-refractivity contribution in [2.75, 3.05) is 18.4 Å². The molecule has 0 bridgehead atoms. The van der Waals surface area contributed by atoms with Crippen LogP contribution in [-0.2, 0) is 11.0 Å². The van der Waals surface area contributed by atoms with Gasteiger partial charge in [-0.05, 0) is 31.0 Å². The molecule has 1 aromatic carbocycles. The normalized spacial score (nSPS) is 16.3. The second-order valence-electron chi connectivity index (χ2n) is 5.22. The molecule has 1 saturated heterocycles. The molecule has 1 fully saturated rings.